The maximum atomic E-state index is 13.5. The lowest BCUT2D eigenvalue weighted by Crippen LogP contribution is -2.46. The quantitative estimate of drug-likeness (QED) is 0.549. The van der Waals surface area contributed by atoms with Gasteiger partial charge in [-0.25, -0.2) is 9.78 Å². The van der Waals surface area contributed by atoms with Crippen molar-refractivity contribution in [3.05, 3.63) is 102 Å². The molecule has 8 nitrogen and oxygen atoms in total. The van der Waals surface area contributed by atoms with E-state index in [0.717, 1.165) is 27.9 Å². The molecule has 1 aromatic heterocycles. The van der Waals surface area contributed by atoms with Crippen LogP contribution in [0.1, 0.15) is 11.1 Å². The molecule has 1 unspecified atom stereocenters. The van der Waals surface area contributed by atoms with Crippen molar-refractivity contribution in [3.63, 3.8) is 0 Å². The number of hydrogen-bond donors (Lipinski definition) is 1. The van der Waals surface area contributed by atoms with Crippen molar-refractivity contribution in [2.45, 2.75) is 12.6 Å². The minimum atomic E-state index is -0.675. The first kappa shape index (κ1) is 24.0. The van der Waals surface area contributed by atoms with Gasteiger partial charge in [0.1, 0.15) is 12.6 Å². The molecular formula is C29H26N4O4. The molecule has 186 valence electrons. The minimum Gasteiger partial charge on any atom is -0.481 e. The summed E-state index contributed by atoms with van der Waals surface area (Å²) in [5.41, 5.74) is 4.76. The van der Waals surface area contributed by atoms with Crippen LogP contribution in [0.2, 0.25) is 0 Å². The molecule has 3 aromatic rings. The Morgan fingerprint density at radius 1 is 1.11 bits per heavy atom. The predicted molar refractivity (Wildman–Crippen MR) is 142 cm³/mol. The average molecular weight is 495 g/mol. The van der Waals surface area contributed by atoms with E-state index < -0.39 is 12.1 Å². The Morgan fingerprint density at radius 3 is 2.78 bits per heavy atom. The standard InChI is InChI=1S/C29H26N4O4/c1-36-27-17-22(12-13-31-27)21-10-11-23-18-30-14-15-33(26(23)16-21)25-9-5-8-24(28(25)34)32-29(35)37-19-20-6-3-2-4-7-20/h2-13,16-18,25H,14-15,19H2,1H3,(H,32,35). The van der Waals surface area contributed by atoms with E-state index in [-0.39, 0.29) is 18.1 Å². The molecule has 1 aliphatic carbocycles. The number of Topliss-reactive ketones (excluding diaryl/α,β-unsaturated/α-hetero) is 1. The van der Waals surface area contributed by atoms with Gasteiger partial charge in [0.15, 0.2) is 0 Å². The van der Waals surface area contributed by atoms with E-state index in [0.29, 0.717) is 19.0 Å². The lowest BCUT2D eigenvalue weighted by Gasteiger charge is -2.32. The zero-order chi connectivity index (χ0) is 25.6. The second kappa shape index (κ2) is 10.9. The van der Waals surface area contributed by atoms with Gasteiger partial charge in [0, 0.05) is 36.3 Å². The molecule has 8 heteroatoms. The van der Waals surface area contributed by atoms with Gasteiger partial charge in [-0.3, -0.25) is 15.1 Å². The summed E-state index contributed by atoms with van der Waals surface area (Å²) in [6.07, 6.45) is 8.07. The van der Waals surface area contributed by atoms with Gasteiger partial charge in [-0.1, -0.05) is 54.6 Å². The number of fused-ring (bicyclic) bond motifs is 1. The highest BCUT2D eigenvalue weighted by Gasteiger charge is 2.31. The van der Waals surface area contributed by atoms with Gasteiger partial charge in [-0.2, -0.15) is 0 Å². The molecule has 2 aliphatic rings. The number of ether oxygens (including phenoxy) is 2. The molecule has 0 spiro atoms. The number of benzene rings is 2. The summed E-state index contributed by atoms with van der Waals surface area (Å²) in [5.74, 6) is 0.305. The number of amides is 1. The van der Waals surface area contributed by atoms with E-state index in [4.69, 9.17) is 9.47 Å². The molecule has 1 aliphatic heterocycles. The van der Waals surface area contributed by atoms with E-state index in [1.165, 1.54) is 0 Å². The molecule has 37 heavy (non-hydrogen) atoms. The van der Waals surface area contributed by atoms with E-state index >= 15 is 0 Å². The van der Waals surface area contributed by atoms with Crippen molar-refractivity contribution in [3.8, 4) is 17.0 Å². The number of pyridine rings is 1. The maximum Gasteiger partial charge on any atom is 0.412 e. The van der Waals surface area contributed by atoms with Crippen LogP contribution in [0.15, 0.2) is 95.8 Å². The molecule has 5 rings (SSSR count). The fourth-order valence-corrected chi connectivity index (χ4v) is 4.32. The summed E-state index contributed by atoms with van der Waals surface area (Å²) >= 11 is 0. The summed E-state index contributed by atoms with van der Waals surface area (Å²) in [5, 5.41) is 2.62. The molecule has 1 N–H and O–H groups in total. The number of rotatable bonds is 6. The Balaban J connectivity index is 1.35. The van der Waals surface area contributed by atoms with Crippen molar-refractivity contribution in [1.29, 1.82) is 0 Å². The molecule has 0 saturated carbocycles. The number of carbonyl (C=O) groups excluding carboxylic acids is 2. The summed E-state index contributed by atoms with van der Waals surface area (Å²) in [6.45, 7) is 1.20. The smallest absolute Gasteiger partial charge is 0.412 e. The van der Waals surface area contributed by atoms with Crippen molar-refractivity contribution in [2.75, 3.05) is 25.1 Å². The van der Waals surface area contributed by atoms with Crippen LogP contribution in [-0.2, 0) is 16.1 Å². The van der Waals surface area contributed by atoms with E-state index in [2.05, 4.69) is 15.3 Å². The average Bonchev–Trinajstić information content (AvgIpc) is 3.16. The number of alkyl carbamates (subject to hydrolysis) is 1. The number of carbonyl (C=O) groups is 2. The molecule has 2 heterocycles. The van der Waals surface area contributed by atoms with Crippen LogP contribution in [0.5, 0.6) is 5.88 Å². The summed E-state index contributed by atoms with van der Waals surface area (Å²) in [4.78, 5) is 36.6. The van der Waals surface area contributed by atoms with Crippen LogP contribution >= 0.6 is 0 Å². The molecule has 1 amide bonds. The Labute approximate surface area is 215 Å². The number of aliphatic imine (C=N–C) groups is 1. The third kappa shape index (κ3) is 5.43. The van der Waals surface area contributed by atoms with Gasteiger partial charge in [-0.15, -0.1) is 0 Å². The number of nitrogens with one attached hydrogen (secondary N) is 1. The molecule has 2 aromatic carbocycles. The summed E-state index contributed by atoms with van der Waals surface area (Å²) < 4.78 is 10.6. The van der Waals surface area contributed by atoms with Gasteiger partial charge < -0.3 is 14.4 Å². The third-order valence-corrected chi connectivity index (χ3v) is 6.19. The first-order chi connectivity index (χ1) is 18.1. The normalized spacial score (nSPS) is 16.5. The fourth-order valence-electron chi connectivity index (χ4n) is 4.32. The number of aromatic nitrogens is 1. The molecular weight excluding hydrogens is 468 g/mol. The second-order valence-corrected chi connectivity index (χ2v) is 8.55. The van der Waals surface area contributed by atoms with Gasteiger partial charge in [-0.05, 0) is 34.9 Å². The zero-order valence-corrected chi connectivity index (χ0v) is 20.3. The first-order valence-corrected chi connectivity index (χ1v) is 11.9. The lowest BCUT2D eigenvalue weighted by atomic mass is 9.98. The Hall–Kier alpha value is -4.72. The maximum absolute atomic E-state index is 13.5. The fraction of sp³-hybridized carbons (Fsp3) is 0.172. The third-order valence-electron chi connectivity index (χ3n) is 6.19. The predicted octanol–water partition coefficient (Wildman–Crippen LogP) is 4.31. The number of hydrogen-bond acceptors (Lipinski definition) is 7. The largest absolute Gasteiger partial charge is 0.481 e. The Morgan fingerprint density at radius 2 is 1.95 bits per heavy atom. The van der Waals surface area contributed by atoms with Crippen LogP contribution in [0.4, 0.5) is 10.5 Å². The monoisotopic (exact) mass is 494 g/mol. The highest BCUT2D eigenvalue weighted by molar-refractivity contribution is 6.06. The molecule has 1 atom stereocenters. The number of benzodiazepines with no additional fused rings is 1. The van der Waals surface area contributed by atoms with Crippen molar-refractivity contribution in [2.24, 2.45) is 4.99 Å². The van der Waals surface area contributed by atoms with E-state index in [9.17, 15) is 9.59 Å². The van der Waals surface area contributed by atoms with Crippen molar-refractivity contribution in [1.82, 2.24) is 10.3 Å². The molecule has 0 bridgehead atoms. The van der Waals surface area contributed by atoms with Gasteiger partial charge >= 0.3 is 6.09 Å². The minimum absolute atomic E-state index is 0.118. The summed E-state index contributed by atoms with van der Waals surface area (Å²) in [7, 11) is 1.58. The van der Waals surface area contributed by atoms with Crippen LogP contribution in [-0.4, -0.2) is 49.3 Å². The molecule has 0 fully saturated rings. The highest BCUT2D eigenvalue weighted by Crippen LogP contribution is 2.32. The van der Waals surface area contributed by atoms with Crippen molar-refractivity contribution >= 4 is 23.8 Å². The van der Waals surface area contributed by atoms with Gasteiger partial charge in [0.25, 0.3) is 0 Å². The van der Waals surface area contributed by atoms with Crippen LogP contribution in [0.3, 0.4) is 0 Å². The zero-order valence-electron chi connectivity index (χ0n) is 20.3. The van der Waals surface area contributed by atoms with Gasteiger partial charge in [0.05, 0.1) is 19.4 Å². The van der Waals surface area contributed by atoms with E-state index in [1.807, 2.05) is 77.9 Å². The number of ketones is 1. The van der Waals surface area contributed by atoms with Crippen LogP contribution < -0.4 is 15.0 Å². The number of methoxy groups -OCH3 is 1. The number of anilines is 1. The number of allylic oxidation sites excluding steroid dienone is 2. The summed E-state index contributed by atoms with van der Waals surface area (Å²) in [6, 6.07) is 18.6. The number of nitrogens with zero attached hydrogens (tertiary/aromatic N) is 3. The van der Waals surface area contributed by atoms with Gasteiger partial charge in [0.2, 0.25) is 11.7 Å². The van der Waals surface area contributed by atoms with Crippen LogP contribution in [0.25, 0.3) is 11.1 Å². The SMILES string of the molecule is COc1cc(-c2ccc3c(c2)N(C2C=CC=C(NC(=O)OCc4ccccc4)C2=O)CCN=C3)ccn1. The Bertz CT molecular complexity index is 1400. The highest BCUT2D eigenvalue weighted by atomic mass is 16.5. The van der Waals surface area contributed by atoms with E-state index in [1.54, 1.807) is 25.5 Å². The van der Waals surface area contributed by atoms with Crippen molar-refractivity contribution < 1.29 is 19.1 Å². The second-order valence-electron chi connectivity index (χ2n) is 8.55. The Kier molecular flexibility index (Phi) is 7.07. The lowest BCUT2D eigenvalue weighted by molar-refractivity contribution is -0.116. The molecule has 0 saturated heterocycles. The topological polar surface area (TPSA) is 93.1 Å². The first-order valence-electron chi connectivity index (χ1n) is 11.9. The molecule has 0 radical (unpaired) electrons. The van der Waals surface area contributed by atoms with Crippen LogP contribution in [0, 0.1) is 0 Å².